The van der Waals surface area contributed by atoms with Crippen LogP contribution in [0.15, 0.2) is 52.3 Å². The third-order valence-corrected chi connectivity index (χ3v) is 4.75. The zero-order chi connectivity index (χ0) is 18.8. The number of nitrogens with zero attached hydrogens (tertiary/aromatic N) is 2. The molecule has 5 nitrogen and oxygen atoms in total. The molecule has 0 spiro atoms. The normalized spacial score (nSPS) is 11.2. The Labute approximate surface area is 171 Å². The number of benzene rings is 2. The molecule has 1 heterocycles. The standard InChI is InChI=1S/C17H10ClFIN3O2S/c18-13-7-11(5-6-14(13)19)23-16(25)12(15(24)22-17(23)26)8-21-10-3-1-9(20)2-4-10/h1-8,25H,(H,22,24,26). The molecule has 0 aliphatic heterocycles. The first-order chi connectivity index (χ1) is 12.4. The van der Waals surface area contributed by atoms with Gasteiger partial charge in [0.1, 0.15) is 11.4 Å². The monoisotopic (exact) mass is 501 g/mol. The predicted octanol–water partition coefficient (Wildman–Crippen LogP) is 4.75. The lowest BCUT2D eigenvalue weighted by atomic mass is 10.2. The predicted molar refractivity (Wildman–Crippen MR) is 110 cm³/mol. The summed E-state index contributed by atoms with van der Waals surface area (Å²) in [6.45, 7) is 0. The molecule has 0 radical (unpaired) electrons. The van der Waals surface area contributed by atoms with Gasteiger partial charge >= 0.3 is 0 Å². The van der Waals surface area contributed by atoms with Crippen molar-refractivity contribution in [3.8, 4) is 11.6 Å². The van der Waals surface area contributed by atoms with Crippen molar-refractivity contribution in [3.63, 3.8) is 0 Å². The quantitative estimate of drug-likeness (QED) is 0.309. The van der Waals surface area contributed by atoms with Gasteiger partial charge in [-0.25, -0.2) is 4.39 Å². The first kappa shape index (κ1) is 18.7. The highest BCUT2D eigenvalue weighted by Gasteiger charge is 2.13. The summed E-state index contributed by atoms with van der Waals surface area (Å²) in [5, 5.41) is 10.4. The van der Waals surface area contributed by atoms with Gasteiger partial charge in [0.15, 0.2) is 4.77 Å². The molecule has 0 atom stereocenters. The fourth-order valence-electron chi connectivity index (χ4n) is 2.18. The number of aromatic hydroxyl groups is 1. The lowest BCUT2D eigenvalue weighted by Gasteiger charge is -2.11. The molecular formula is C17H10ClFIN3O2S. The van der Waals surface area contributed by atoms with E-state index in [0.29, 0.717) is 11.4 Å². The number of hydrogen-bond acceptors (Lipinski definition) is 4. The summed E-state index contributed by atoms with van der Waals surface area (Å²) in [6.07, 6.45) is 1.24. The maximum Gasteiger partial charge on any atom is 0.264 e. The van der Waals surface area contributed by atoms with Crippen molar-refractivity contribution >= 4 is 58.3 Å². The molecule has 132 valence electrons. The highest BCUT2D eigenvalue weighted by Crippen LogP contribution is 2.24. The Kier molecular flexibility index (Phi) is 5.54. The number of H-pyrrole nitrogens is 1. The first-order valence-electron chi connectivity index (χ1n) is 7.20. The average Bonchev–Trinajstić information content (AvgIpc) is 2.59. The maximum absolute atomic E-state index is 13.4. The summed E-state index contributed by atoms with van der Waals surface area (Å²) in [7, 11) is 0. The molecule has 0 saturated carbocycles. The topological polar surface area (TPSA) is 70.4 Å². The fourth-order valence-corrected chi connectivity index (χ4v) is 3.00. The number of hydrogen-bond donors (Lipinski definition) is 2. The van der Waals surface area contributed by atoms with Crippen LogP contribution < -0.4 is 5.56 Å². The van der Waals surface area contributed by atoms with Gasteiger partial charge in [-0.2, -0.15) is 0 Å². The summed E-state index contributed by atoms with van der Waals surface area (Å²) in [5.41, 5.74) is 0.242. The zero-order valence-electron chi connectivity index (χ0n) is 12.9. The Hall–Kier alpha value is -2.04. The van der Waals surface area contributed by atoms with Crippen LogP contribution in [0.1, 0.15) is 5.56 Å². The summed E-state index contributed by atoms with van der Waals surface area (Å²) in [4.78, 5) is 18.8. The van der Waals surface area contributed by atoms with E-state index in [9.17, 15) is 14.3 Å². The third kappa shape index (κ3) is 3.87. The van der Waals surface area contributed by atoms with E-state index in [1.54, 1.807) is 12.1 Å². The molecule has 0 bridgehead atoms. The second-order valence-electron chi connectivity index (χ2n) is 5.16. The molecule has 0 amide bonds. The number of rotatable bonds is 3. The lowest BCUT2D eigenvalue weighted by molar-refractivity contribution is 0.432. The van der Waals surface area contributed by atoms with Crippen molar-refractivity contribution in [2.45, 2.75) is 0 Å². The van der Waals surface area contributed by atoms with Crippen LogP contribution in [0.2, 0.25) is 5.02 Å². The molecular weight excluding hydrogens is 492 g/mol. The molecule has 3 aromatic rings. The number of halogens is 3. The number of nitrogens with one attached hydrogen (secondary N) is 1. The van der Waals surface area contributed by atoms with Gasteiger partial charge in [-0.05, 0) is 77.3 Å². The Balaban J connectivity index is 2.12. The molecule has 0 fully saturated rings. The fraction of sp³-hybridized carbons (Fsp3) is 0. The van der Waals surface area contributed by atoms with E-state index in [0.717, 1.165) is 9.64 Å². The Bertz CT molecular complexity index is 1130. The molecule has 0 saturated heterocycles. The van der Waals surface area contributed by atoms with Crippen LogP contribution in [0.5, 0.6) is 5.88 Å². The zero-order valence-corrected chi connectivity index (χ0v) is 16.6. The number of aliphatic imine (C=N–C) groups is 1. The van der Waals surface area contributed by atoms with Crippen LogP contribution >= 0.6 is 46.4 Å². The summed E-state index contributed by atoms with van der Waals surface area (Å²) < 4.78 is 15.6. The maximum atomic E-state index is 13.4. The average molecular weight is 502 g/mol. The number of aromatic nitrogens is 2. The van der Waals surface area contributed by atoms with E-state index >= 15 is 0 Å². The molecule has 3 rings (SSSR count). The molecule has 26 heavy (non-hydrogen) atoms. The molecule has 2 N–H and O–H groups in total. The first-order valence-corrected chi connectivity index (χ1v) is 9.06. The van der Waals surface area contributed by atoms with Gasteiger partial charge in [0.25, 0.3) is 5.56 Å². The van der Waals surface area contributed by atoms with Crippen LogP contribution in [0.25, 0.3) is 5.69 Å². The minimum Gasteiger partial charge on any atom is -0.494 e. The van der Waals surface area contributed by atoms with Crippen LogP contribution in [0.4, 0.5) is 10.1 Å². The molecule has 0 unspecified atom stereocenters. The molecule has 2 aromatic carbocycles. The van der Waals surface area contributed by atoms with E-state index in [-0.39, 0.29) is 15.4 Å². The van der Waals surface area contributed by atoms with Crippen molar-refractivity contribution in [2.75, 3.05) is 0 Å². The third-order valence-electron chi connectivity index (χ3n) is 3.45. The van der Waals surface area contributed by atoms with E-state index in [1.807, 2.05) is 12.1 Å². The molecule has 0 aliphatic rings. The highest BCUT2D eigenvalue weighted by molar-refractivity contribution is 14.1. The Morgan fingerprint density at radius 3 is 2.62 bits per heavy atom. The van der Waals surface area contributed by atoms with Crippen molar-refractivity contribution in [1.29, 1.82) is 0 Å². The van der Waals surface area contributed by atoms with Crippen molar-refractivity contribution in [3.05, 3.63) is 77.6 Å². The summed E-state index contributed by atoms with van der Waals surface area (Å²) >= 11 is 13.1. The number of aromatic amines is 1. The highest BCUT2D eigenvalue weighted by atomic mass is 127. The largest absolute Gasteiger partial charge is 0.494 e. The second-order valence-corrected chi connectivity index (χ2v) is 7.20. The Morgan fingerprint density at radius 1 is 1.27 bits per heavy atom. The van der Waals surface area contributed by atoms with Gasteiger partial charge in [0.05, 0.1) is 16.4 Å². The van der Waals surface area contributed by atoms with Gasteiger partial charge in [-0.15, -0.1) is 0 Å². The summed E-state index contributed by atoms with van der Waals surface area (Å²) in [6, 6.07) is 11.1. The molecule has 0 aliphatic carbocycles. The van der Waals surface area contributed by atoms with E-state index in [2.05, 4.69) is 32.6 Å². The van der Waals surface area contributed by atoms with Gasteiger partial charge in [-0.1, -0.05) is 11.6 Å². The van der Waals surface area contributed by atoms with Crippen LogP contribution in [0, 0.1) is 14.2 Å². The lowest BCUT2D eigenvalue weighted by Crippen LogP contribution is -2.18. The Morgan fingerprint density at radius 2 is 1.96 bits per heavy atom. The minimum absolute atomic E-state index is 0.0541. The van der Waals surface area contributed by atoms with E-state index in [1.165, 1.54) is 22.9 Å². The van der Waals surface area contributed by atoms with Crippen LogP contribution in [0.3, 0.4) is 0 Å². The second kappa shape index (κ2) is 7.68. The van der Waals surface area contributed by atoms with E-state index < -0.39 is 17.3 Å². The van der Waals surface area contributed by atoms with E-state index in [4.69, 9.17) is 23.8 Å². The minimum atomic E-state index is -0.605. The molecule has 9 heteroatoms. The van der Waals surface area contributed by atoms with Gasteiger partial charge in [0, 0.05) is 9.78 Å². The van der Waals surface area contributed by atoms with Gasteiger partial charge in [-0.3, -0.25) is 19.3 Å². The van der Waals surface area contributed by atoms with Crippen molar-refractivity contribution < 1.29 is 9.50 Å². The van der Waals surface area contributed by atoms with Crippen LogP contribution in [-0.4, -0.2) is 20.9 Å². The summed E-state index contributed by atoms with van der Waals surface area (Å²) in [5.74, 6) is -1.03. The van der Waals surface area contributed by atoms with Gasteiger partial charge in [0.2, 0.25) is 5.88 Å². The van der Waals surface area contributed by atoms with Crippen molar-refractivity contribution in [1.82, 2.24) is 9.55 Å². The molecule has 1 aromatic heterocycles. The van der Waals surface area contributed by atoms with Crippen molar-refractivity contribution in [2.24, 2.45) is 4.99 Å². The van der Waals surface area contributed by atoms with Crippen LogP contribution in [-0.2, 0) is 0 Å². The van der Waals surface area contributed by atoms with Gasteiger partial charge < -0.3 is 5.11 Å². The smallest absolute Gasteiger partial charge is 0.264 e. The SMILES string of the molecule is O=c1[nH]c(=S)n(-c2ccc(F)c(Cl)c2)c(O)c1C=Nc1ccc(I)cc1.